The summed E-state index contributed by atoms with van der Waals surface area (Å²) in [7, 11) is 0. The molecule has 13 nitrogen and oxygen atoms in total. The van der Waals surface area contributed by atoms with Crippen molar-refractivity contribution in [2.24, 2.45) is 16.7 Å². The molecule has 0 radical (unpaired) electrons. The molecule has 0 bridgehead atoms. The Labute approximate surface area is 250 Å². The number of aliphatic hydroxyl groups is 2. The Kier molecular flexibility index (Phi) is 8.29. The molecule has 0 aromatic heterocycles. The molecular formula is C30H42O13. The van der Waals surface area contributed by atoms with Crippen molar-refractivity contribution in [2.75, 3.05) is 6.61 Å². The summed E-state index contributed by atoms with van der Waals surface area (Å²) >= 11 is 0. The summed E-state index contributed by atoms with van der Waals surface area (Å²) in [5.41, 5.74) is -6.06. The van der Waals surface area contributed by atoms with Gasteiger partial charge in [-0.1, -0.05) is 6.92 Å². The van der Waals surface area contributed by atoms with Gasteiger partial charge < -0.3 is 38.6 Å². The van der Waals surface area contributed by atoms with Crippen LogP contribution in [0.2, 0.25) is 0 Å². The van der Waals surface area contributed by atoms with Gasteiger partial charge >= 0.3 is 29.8 Å². The monoisotopic (exact) mass is 610 g/mol. The zero-order valence-electron chi connectivity index (χ0n) is 26.0. The van der Waals surface area contributed by atoms with Gasteiger partial charge in [0.05, 0.1) is 29.0 Å². The number of hydrogen-bond acceptors (Lipinski definition) is 13. The van der Waals surface area contributed by atoms with E-state index in [0.717, 1.165) is 6.92 Å². The number of ether oxygens (including phenoxy) is 6. The average Bonchev–Trinajstić information content (AvgIpc) is 3.10. The normalized spacial score (nSPS) is 40.0. The molecule has 1 aliphatic heterocycles. The highest BCUT2D eigenvalue weighted by molar-refractivity contribution is 5.70. The van der Waals surface area contributed by atoms with Gasteiger partial charge in [0.15, 0.2) is 5.60 Å². The lowest BCUT2D eigenvalue weighted by molar-refractivity contribution is -0.353. The Morgan fingerprint density at radius 3 is 1.84 bits per heavy atom. The van der Waals surface area contributed by atoms with Crippen LogP contribution in [0.25, 0.3) is 0 Å². The molecule has 3 fully saturated rings. The van der Waals surface area contributed by atoms with Gasteiger partial charge in [-0.2, -0.15) is 0 Å². The molecule has 0 aromatic rings. The first-order chi connectivity index (χ1) is 19.7. The first kappa shape index (κ1) is 32.9. The molecule has 4 aliphatic rings. The smallest absolute Gasteiger partial charge is 0.303 e. The minimum atomic E-state index is -1.79. The minimum absolute atomic E-state index is 0.000750. The maximum atomic E-state index is 13.0. The molecular weight excluding hydrogens is 568 g/mol. The van der Waals surface area contributed by atoms with Gasteiger partial charge in [-0.15, -0.1) is 0 Å². The number of rotatable bonds is 6. The largest absolute Gasteiger partial charge is 0.462 e. The topological polar surface area (TPSA) is 181 Å². The Balaban J connectivity index is 2.18. The zero-order chi connectivity index (χ0) is 32.4. The molecule has 43 heavy (non-hydrogen) atoms. The maximum Gasteiger partial charge on any atom is 0.303 e. The van der Waals surface area contributed by atoms with E-state index < -0.39 is 94.4 Å². The van der Waals surface area contributed by atoms with Gasteiger partial charge in [-0.05, 0) is 31.9 Å². The second-order valence-corrected chi connectivity index (χ2v) is 13.0. The molecule has 0 amide bonds. The Morgan fingerprint density at radius 1 is 0.860 bits per heavy atom. The SMILES string of the molecule is CC(=O)OC1CC2(C(C)(C)O)C(=C1C)C(O)C(OC(C)=O)C1(C)C(OC(C)=O)CC3OCC3(OC(C)=O)C1C2OC(C)=O. The lowest BCUT2D eigenvalue weighted by Crippen LogP contribution is -2.79. The number of hydrogen-bond donors (Lipinski definition) is 2. The second-order valence-electron chi connectivity index (χ2n) is 13.0. The van der Waals surface area contributed by atoms with Gasteiger partial charge in [0.1, 0.15) is 36.6 Å². The van der Waals surface area contributed by atoms with Crippen LogP contribution in [-0.4, -0.2) is 94.5 Å². The van der Waals surface area contributed by atoms with E-state index >= 15 is 0 Å². The molecule has 0 spiro atoms. The highest BCUT2D eigenvalue weighted by Crippen LogP contribution is 2.68. The van der Waals surface area contributed by atoms with E-state index in [1.165, 1.54) is 41.5 Å². The van der Waals surface area contributed by atoms with E-state index in [9.17, 15) is 34.2 Å². The number of esters is 5. The molecule has 1 saturated heterocycles. The van der Waals surface area contributed by atoms with Crippen molar-refractivity contribution in [3.8, 4) is 0 Å². The van der Waals surface area contributed by atoms with Crippen LogP contribution < -0.4 is 0 Å². The van der Waals surface area contributed by atoms with Gasteiger partial charge in [-0.3, -0.25) is 24.0 Å². The van der Waals surface area contributed by atoms with Crippen molar-refractivity contribution in [1.29, 1.82) is 0 Å². The summed E-state index contributed by atoms with van der Waals surface area (Å²) in [6, 6.07) is 0. The van der Waals surface area contributed by atoms with E-state index in [2.05, 4.69) is 0 Å². The number of fused-ring (bicyclic) bond motifs is 4. The highest BCUT2D eigenvalue weighted by atomic mass is 16.6. The summed E-state index contributed by atoms with van der Waals surface area (Å²) in [4.78, 5) is 63.0. The summed E-state index contributed by atoms with van der Waals surface area (Å²) in [6.45, 7) is 12.0. The van der Waals surface area contributed by atoms with Gasteiger partial charge in [-0.25, -0.2) is 0 Å². The van der Waals surface area contributed by atoms with Crippen LogP contribution in [0.4, 0.5) is 0 Å². The molecule has 1 heterocycles. The number of carbonyl (C=O) groups excluding carboxylic acids is 5. The van der Waals surface area contributed by atoms with E-state index in [-0.39, 0.29) is 25.0 Å². The predicted octanol–water partition coefficient (Wildman–Crippen LogP) is 1.29. The van der Waals surface area contributed by atoms with Crippen LogP contribution in [0.15, 0.2) is 11.1 Å². The molecule has 2 saturated carbocycles. The molecule has 10 atom stereocenters. The quantitative estimate of drug-likeness (QED) is 0.250. The van der Waals surface area contributed by atoms with Crippen molar-refractivity contribution in [2.45, 2.75) is 123 Å². The fraction of sp³-hybridized carbons (Fsp3) is 0.767. The predicted molar refractivity (Wildman–Crippen MR) is 145 cm³/mol. The van der Waals surface area contributed by atoms with Gasteiger partial charge in [0, 0.05) is 47.5 Å². The maximum absolute atomic E-state index is 13.0. The molecule has 13 heteroatoms. The third-order valence-electron chi connectivity index (χ3n) is 9.88. The van der Waals surface area contributed by atoms with Crippen molar-refractivity contribution < 1.29 is 62.6 Å². The summed E-state index contributed by atoms with van der Waals surface area (Å²) < 4.78 is 35.4. The molecule has 2 N–H and O–H groups in total. The van der Waals surface area contributed by atoms with E-state index in [1.807, 2.05) is 0 Å². The van der Waals surface area contributed by atoms with E-state index in [0.29, 0.717) is 5.57 Å². The molecule has 3 aliphatic carbocycles. The Morgan fingerprint density at radius 2 is 1.40 bits per heavy atom. The van der Waals surface area contributed by atoms with Crippen molar-refractivity contribution in [3.63, 3.8) is 0 Å². The van der Waals surface area contributed by atoms with Crippen LogP contribution in [0.1, 0.15) is 75.2 Å². The van der Waals surface area contributed by atoms with Crippen molar-refractivity contribution >= 4 is 29.8 Å². The molecule has 4 rings (SSSR count). The molecule has 240 valence electrons. The van der Waals surface area contributed by atoms with Crippen LogP contribution in [0.3, 0.4) is 0 Å². The lowest BCUT2D eigenvalue weighted by Gasteiger charge is -2.65. The molecule has 10 unspecified atom stereocenters. The van der Waals surface area contributed by atoms with E-state index in [4.69, 9.17) is 28.4 Å². The first-order valence-corrected chi connectivity index (χ1v) is 14.4. The third kappa shape index (κ3) is 4.93. The van der Waals surface area contributed by atoms with Gasteiger partial charge in [0.25, 0.3) is 0 Å². The second kappa shape index (κ2) is 10.8. The van der Waals surface area contributed by atoms with Crippen molar-refractivity contribution in [1.82, 2.24) is 0 Å². The van der Waals surface area contributed by atoms with Gasteiger partial charge in [0.2, 0.25) is 0 Å². The fourth-order valence-electron chi connectivity index (χ4n) is 8.44. The summed E-state index contributed by atoms with van der Waals surface area (Å²) in [5, 5.41) is 24.4. The van der Waals surface area contributed by atoms with Crippen LogP contribution in [0, 0.1) is 16.7 Å². The Hall–Kier alpha value is -3.03. The fourth-order valence-corrected chi connectivity index (χ4v) is 8.44. The van der Waals surface area contributed by atoms with Crippen LogP contribution in [-0.2, 0) is 52.4 Å². The van der Waals surface area contributed by atoms with Crippen molar-refractivity contribution in [3.05, 3.63) is 11.1 Å². The van der Waals surface area contributed by atoms with Crippen LogP contribution >= 0.6 is 0 Å². The van der Waals surface area contributed by atoms with Crippen LogP contribution in [0.5, 0.6) is 0 Å². The first-order valence-electron chi connectivity index (χ1n) is 14.4. The number of carbonyl (C=O) groups is 5. The zero-order valence-corrected chi connectivity index (χ0v) is 26.0. The number of aliphatic hydroxyl groups excluding tert-OH is 1. The third-order valence-corrected chi connectivity index (χ3v) is 9.88. The van der Waals surface area contributed by atoms with E-state index in [1.54, 1.807) is 13.8 Å². The molecule has 0 aromatic carbocycles. The summed E-state index contributed by atoms with van der Waals surface area (Å²) in [5.74, 6) is -4.68. The average molecular weight is 611 g/mol. The Bertz CT molecular complexity index is 1250. The summed E-state index contributed by atoms with van der Waals surface area (Å²) in [6.07, 6.45) is -7.58. The highest BCUT2D eigenvalue weighted by Gasteiger charge is 2.80. The standard InChI is InChI=1S/C30H42O13/c1-13-19(39-14(2)31)11-29(27(7,8)37)22(13)23(36)25(41-16(4)33)28(9)20(40-15(3)32)10-21-30(12-38-21,43-18(6)35)24(28)26(29)42-17(5)34/h19-21,23-26,36-37H,10-12H2,1-9H3. The lowest BCUT2D eigenvalue weighted by atomic mass is 9.49. The minimum Gasteiger partial charge on any atom is -0.462 e.